The third kappa shape index (κ3) is 2.96. The van der Waals surface area contributed by atoms with Crippen molar-refractivity contribution in [3.8, 4) is 17.2 Å². The number of fused-ring (bicyclic) bond motifs is 1. The number of nitrogens with one attached hydrogen (secondary N) is 1. The fraction of sp³-hybridized carbons (Fsp3) is 0.333. The lowest BCUT2D eigenvalue weighted by atomic mass is 10.1. The molecule has 0 saturated heterocycles. The van der Waals surface area contributed by atoms with E-state index < -0.39 is 0 Å². The van der Waals surface area contributed by atoms with Gasteiger partial charge in [-0.25, -0.2) is 0 Å². The van der Waals surface area contributed by atoms with Crippen molar-refractivity contribution in [3.63, 3.8) is 0 Å². The summed E-state index contributed by atoms with van der Waals surface area (Å²) in [6.45, 7) is 2.88. The molecule has 4 heteroatoms. The topological polar surface area (TPSA) is 39.7 Å². The quantitative estimate of drug-likeness (QED) is 0.939. The minimum Gasteiger partial charge on any atom is -0.493 e. The van der Waals surface area contributed by atoms with E-state index in [0.717, 1.165) is 35.9 Å². The van der Waals surface area contributed by atoms with Crippen LogP contribution in [0.5, 0.6) is 17.2 Å². The predicted molar refractivity (Wildman–Crippen MR) is 87.3 cm³/mol. The largest absolute Gasteiger partial charge is 0.493 e. The SMILES string of the molecule is COc1ccc(CC2CNc3cc(C)ccc3O2)cc1OC. The lowest BCUT2D eigenvalue weighted by Crippen LogP contribution is -2.32. The van der Waals surface area contributed by atoms with Crippen molar-refractivity contribution in [3.05, 3.63) is 47.5 Å². The normalized spacial score (nSPS) is 16.2. The molecule has 1 heterocycles. The lowest BCUT2D eigenvalue weighted by molar-refractivity contribution is 0.206. The summed E-state index contributed by atoms with van der Waals surface area (Å²) in [5, 5.41) is 3.44. The molecule has 1 unspecified atom stereocenters. The molecule has 0 fully saturated rings. The van der Waals surface area contributed by atoms with Crippen LogP contribution < -0.4 is 19.5 Å². The minimum absolute atomic E-state index is 0.105. The van der Waals surface area contributed by atoms with E-state index in [1.165, 1.54) is 11.1 Å². The van der Waals surface area contributed by atoms with Gasteiger partial charge in [-0.15, -0.1) is 0 Å². The Balaban J connectivity index is 1.73. The molecular weight excluding hydrogens is 278 g/mol. The number of hydrogen-bond acceptors (Lipinski definition) is 4. The molecule has 0 radical (unpaired) electrons. The highest BCUT2D eigenvalue weighted by Crippen LogP contribution is 2.32. The highest BCUT2D eigenvalue weighted by atomic mass is 16.5. The van der Waals surface area contributed by atoms with Gasteiger partial charge in [-0.3, -0.25) is 0 Å². The molecule has 2 aromatic rings. The van der Waals surface area contributed by atoms with Crippen LogP contribution >= 0.6 is 0 Å². The van der Waals surface area contributed by atoms with E-state index in [0.29, 0.717) is 0 Å². The average molecular weight is 299 g/mol. The molecule has 0 bridgehead atoms. The van der Waals surface area contributed by atoms with Crippen LogP contribution in [0.2, 0.25) is 0 Å². The first kappa shape index (κ1) is 14.6. The fourth-order valence-corrected chi connectivity index (χ4v) is 2.71. The smallest absolute Gasteiger partial charge is 0.160 e. The zero-order valence-corrected chi connectivity index (χ0v) is 13.2. The first-order valence-corrected chi connectivity index (χ1v) is 7.41. The van der Waals surface area contributed by atoms with Crippen LogP contribution in [0.25, 0.3) is 0 Å². The van der Waals surface area contributed by atoms with Gasteiger partial charge in [-0.1, -0.05) is 12.1 Å². The van der Waals surface area contributed by atoms with Gasteiger partial charge in [0.1, 0.15) is 11.9 Å². The molecule has 0 aromatic heterocycles. The molecule has 4 nitrogen and oxygen atoms in total. The van der Waals surface area contributed by atoms with Gasteiger partial charge in [0.15, 0.2) is 11.5 Å². The third-order valence-electron chi connectivity index (χ3n) is 3.86. The van der Waals surface area contributed by atoms with Crippen molar-refractivity contribution < 1.29 is 14.2 Å². The summed E-state index contributed by atoms with van der Waals surface area (Å²) in [6.07, 6.45) is 0.925. The van der Waals surface area contributed by atoms with Crippen molar-refractivity contribution in [2.45, 2.75) is 19.4 Å². The summed E-state index contributed by atoms with van der Waals surface area (Å²) < 4.78 is 16.7. The monoisotopic (exact) mass is 299 g/mol. The number of rotatable bonds is 4. The molecule has 0 amide bonds. The molecule has 1 aliphatic rings. The van der Waals surface area contributed by atoms with Gasteiger partial charge in [-0.05, 0) is 42.3 Å². The van der Waals surface area contributed by atoms with Crippen LogP contribution in [0.3, 0.4) is 0 Å². The summed E-state index contributed by atoms with van der Waals surface area (Å²) in [4.78, 5) is 0. The Kier molecular flexibility index (Phi) is 4.09. The van der Waals surface area contributed by atoms with Gasteiger partial charge >= 0.3 is 0 Å². The van der Waals surface area contributed by atoms with Crippen LogP contribution in [0, 0.1) is 6.92 Å². The molecule has 1 atom stereocenters. The Bertz CT molecular complexity index is 669. The maximum Gasteiger partial charge on any atom is 0.160 e. The molecule has 3 rings (SSSR count). The first-order chi connectivity index (χ1) is 10.7. The van der Waals surface area contributed by atoms with E-state index >= 15 is 0 Å². The Morgan fingerprint density at radius 1 is 1.09 bits per heavy atom. The lowest BCUT2D eigenvalue weighted by Gasteiger charge is -2.28. The maximum atomic E-state index is 6.09. The van der Waals surface area contributed by atoms with Crippen LogP contribution in [0.4, 0.5) is 5.69 Å². The molecule has 116 valence electrons. The van der Waals surface area contributed by atoms with E-state index in [-0.39, 0.29) is 6.10 Å². The van der Waals surface area contributed by atoms with Crippen molar-refractivity contribution in [1.29, 1.82) is 0 Å². The Labute approximate surface area is 131 Å². The van der Waals surface area contributed by atoms with E-state index in [1.807, 2.05) is 18.2 Å². The van der Waals surface area contributed by atoms with Gasteiger partial charge in [0, 0.05) is 6.42 Å². The van der Waals surface area contributed by atoms with E-state index in [2.05, 4.69) is 30.4 Å². The summed E-state index contributed by atoms with van der Waals surface area (Å²) in [5.74, 6) is 2.41. The van der Waals surface area contributed by atoms with Crippen LogP contribution in [0.1, 0.15) is 11.1 Å². The second-order valence-electron chi connectivity index (χ2n) is 5.51. The minimum atomic E-state index is 0.105. The number of anilines is 1. The standard InChI is InChI=1S/C18H21NO3/c1-12-4-6-16-15(8-12)19-11-14(22-16)9-13-5-7-17(20-2)18(10-13)21-3/h4-8,10,14,19H,9,11H2,1-3H3. The molecule has 0 aliphatic carbocycles. The van der Waals surface area contributed by atoms with E-state index in [9.17, 15) is 0 Å². The molecule has 2 aromatic carbocycles. The Morgan fingerprint density at radius 3 is 2.68 bits per heavy atom. The number of benzene rings is 2. The summed E-state index contributed by atoms with van der Waals surface area (Å²) in [6, 6.07) is 12.2. The zero-order chi connectivity index (χ0) is 15.5. The Morgan fingerprint density at radius 2 is 1.91 bits per heavy atom. The maximum absolute atomic E-state index is 6.09. The van der Waals surface area contributed by atoms with E-state index in [4.69, 9.17) is 14.2 Å². The summed E-state index contributed by atoms with van der Waals surface area (Å²) in [7, 11) is 3.30. The zero-order valence-electron chi connectivity index (χ0n) is 13.2. The van der Waals surface area contributed by atoms with Gasteiger partial charge < -0.3 is 19.5 Å². The summed E-state index contributed by atoms with van der Waals surface area (Å²) >= 11 is 0. The van der Waals surface area contributed by atoms with Crippen LogP contribution in [0.15, 0.2) is 36.4 Å². The second kappa shape index (κ2) is 6.18. The Hall–Kier alpha value is -2.36. The first-order valence-electron chi connectivity index (χ1n) is 7.41. The number of hydrogen-bond donors (Lipinski definition) is 1. The molecule has 1 N–H and O–H groups in total. The van der Waals surface area contributed by atoms with Crippen molar-refractivity contribution in [1.82, 2.24) is 0 Å². The van der Waals surface area contributed by atoms with Gasteiger partial charge in [0.2, 0.25) is 0 Å². The molecule has 0 saturated carbocycles. The van der Waals surface area contributed by atoms with Crippen molar-refractivity contribution >= 4 is 5.69 Å². The highest BCUT2D eigenvalue weighted by molar-refractivity contribution is 5.59. The van der Waals surface area contributed by atoms with Crippen LogP contribution in [-0.4, -0.2) is 26.9 Å². The molecule has 0 spiro atoms. The van der Waals surface area contributed by atoms with Crippen molar-refractivity contribution in [2.24, 2.45) is 0 Å². The van der Waals surface area contributed by atoms with Gasteiger partial charge in [-0.2, -0.15) is 0 Å². The fourth-order valence-electron chi connectivity index (χ4n) is 2.71. The number of ether oxygens (including phenoxy) is 3. The predicted octanol–water partition coefficient (Wildman–Crippen LogP) is 3.43. The van der Waals surface area contributed by atoms with Crippen LogP contribution in [-0.2, 0) is 6.42 Å². The number of methoxy groups -OCH3 is 2. The third-order valence-corrected chi connectivity index (χ3v) is 3.86. The molecule has 22 heavy (non-hydrogen) atoms. The average Bonchev–Trinajstić information content (AvgIpc) is 2.55. The van der Waals surface area contributed by atoms with Crippen molar-refractivity contribution in [2.75, 3.05) is 26.1 Å². The molecular formula is C18H21NO3. The number of aryl methyl sites for hydroxylation is 1. The second-order valence-corrected chi connectivity index (χ2v) is 5.51. The molecule has 1 aliphatic heterocycles. The van der Waals surface area contributed by atoms with E-state index in [1.54, 1.807) is 14.2 Å². The highest BCUT2D eigenvalue weighted by Gasteiger charge is 2.20. The summed E-state index contributed by atoms with van der Waals surface area (Å²) in [5.41, 5.74) is 3.47. The van der Waals surface area contributed by atoms with Gasteiger partial charge in [0.25, 0.3) is 0 Å². The van der Waals surface area contributed by atoms with Gasteiger partial charge in [0.05, 0.1) is 26.5 Å².